The van der Waals surface area contributed by atoms with Gasteiger partial charge in [-0.25, -0.2) is 18.2 Å². The Kier molecular flexibility index (Phi) is 5.54. The predicted octanol–water partition coefficient (Wildman–Crippen LogP) is 1.18. The zero-order valence-corrected chi connectivity index (χ0v) is 16.7. The van der Waals surface area contributed by atoms with Gasteiger partial charge in [0.05, 0.1) is 36.9 Å². The highest BCUT2D eigenvalue weighted by Crippen LogP contribution is 2.32. The van der Waals surface area contributed by atoms with Gasteiger partial charge in [-0.3, -0.25) is 10.1 Å². The molecule has 1 aromatic carbocycles. The van der Waals surface area contributed by atoms with Crippen molar-refractivity contribution in [2.45, 2.75) is 17.9 Å². The van der Waals surface area contributed by atoms with Gasteiger partial charge in [0.25, 0.3) is 5.91 Å². The smallest absolute Gasteiger partial charge is 0.413 e. The van der Waals surface area contributed by atoms with Gasteiger partial charge in [-0.15, -0.1) is 0 Å². The summed E-state index contributed by atoms with van der Waals surface area (Å²) in [5.41, 5.74) is 6.04. The number of nitrogens with two attached hydrogens (primary N) is 1. The first kappa shape index (κ1) is 20.0. The summed E-state index contributed by atoms with van der Waals surface area (Å²) in [4.78, 5) is 27.9. The van der Waals surface area contributed by atoms with Crippen LogP contribution in [0.3, 0.4) is 0 Å². The SMILES string of the molecule is COC(=O)Nc1nc2c(s1)CN(S(=O)(=O)c1ccc(OC)c(C(N)=O)c1)CC2. The first-order valence-electron chi connectivity index (χ1n) is 8.07. The monoisotopic (exact) mass is 426 g/mol. The van der Waals surface area contributed by atoms with Crippen molar-refractivity contribution < 1.29 is 27.5 Å². The number of carbonyl (C=O) groups excluding carboxylic acids is 2. The maximum absolute atomic E-state index is 13.0. The second-order valence-electron chi connectivity index (χ2n) is 5.82. The lowest BCUT2D eigenvalue weighted by atomic mass is 10.2. The zero-order valence-electron chi connectivity index (χ0n) is 15.1. The lowest BCUT2D eigenvalue weighted by Crippen LogP contribution is -2.35. The quantitative estimate of drug-likeness (QED) is 0.731. The summed E-state index contributed by atoms with van der Waals surface area (Å²) in [5.74, 6) is -0.579. The maximum Gasteiger partial charge on any atom is 0.413 e. The van der Waals surface area contributed by atoms with Crippen LogP contribution in [-0.4, -0.2) is 50.5 Å². The Hall–Kier alpha value is -2.70. The van der Waals surface area contributed by atoms with Crippen molar-refractivity contribution in [1.82, 2.24) is 9.29 Å². The van der Waals surface area contributed by atoms with Crippen LogP contribution in [0, 0.1) is 0 Å². The average Bonchev–Trinajstić information content (AvgIpc) is 3.08. The summed E-state index contributed by atoms with van der Waals surface area (Å²) in [5, 5.41) is 2.82. The molecule has 0 bridgehead atoms. The van der Waals surface area contributed by atoms with Crippen LogP contribution < -0.4 is 15.8 Å². The van der Waals surface area contributed by atoms with E-state index in [1.165, 1.54) is 48.1 Å². The molecule has 0 saturated carbocycles. The molecule has 28 heavy (non-hydrogen) atoms. The predicted molar refractivity (Wildman–Crippen MR) is 101 cm³/mol. The maximum atomic E-state index is 13.0. The number of primary amides is 1. The van der Waals surface area contributed by atoms with E-state index in [2.05, 4.69) is 15.0 Å². The van der Waals surface area contributed by atoms with Gasteiger partial charge in [-0.05, 0) is 18.2 Å². The van der Waals surface area contributed by atoms with Crippen molar-refractivity contribution in [2.24, 2.45) is 5.73 Å². The highest BCUT2D eigenvalue weighted by atomic mass is 32.2. The number of nitrogens with zero attached hydrogens (tertiary/aromatic N) is 2. The van der Waals surface area contributed by atoms with Gasteiger partial charge in [-0.1, -0.05) is 11.3 Å². The molecule has 0 radical (unpaired) electrons. The molecule has 0 saturated heterocycles. The molecule has 0 aliphatic carbocycles. The molecule has 0 fully saturated rings. The van der Waals surface area contributed by atoms with Crippen molar-refractivity contribution in [1.29, 1.82) is 0 Å². The number of nitrogens with one attached hydrogen (secondary N) is 1. The normalized spacial score (nSPS) is 14.2. The van der Waals surface area contributed by atoms with Gasteiger partial charge < -0.3 is 15.2 Å². The van der Waals surface area contributed by atoms with Crippen LogP contribution in [0.2, 0.25) is 0 Å². The van der Waals surface area contributed by atoms with Crippen LogP contribution >= 0.6 is 11.3 Å². The van der Waals surface area contributed by atoms with Crippen LogP contribution in [0.5, 0.6) is 5.75 Å². The van der Waals surface area contributed by atoms with Gasteiger partial charge in [-0.2, -0.15) is 4.31 Å². The zero-order chi connectivity index (χ0) is 20.5. The summed E-state index contributed by atoms with van der Waals surface area (Å²) in [7, 11) is -1.26. The second-order valence-corrected chi connectivity index (χ2v) is 8.84. The van der Waals surface area contributed by atoms with E-state index >= 15 is 0 Å². The van der Waals surface area contributed by atoms with E-state index in [1.807, 2.05) is 0 Å². The minimum atomic E-state index is -3.87. The first-order valence-corrected chi connectivity index (χ1v) is 10.3. The lowest BCUT2D eigenvalue weighted by molar-refractivity contribution is 0.0997. The Balaban J connectivity index is 1.87. The fraction of sp³-hybridized carbons (Fsp3) is 0.312. The standard InChI is InChI=1S/C16H18N4O6S2/c1-25-12-4-3-9(7-10(12)14(17)21)28(23,24)20-6-5-11-13(8-20)27-15(18-11)19-16(22)26-2/h3-4,7H,5-6,8H2,1-2H3,(H2,17,21)(H,18,19,22). The molecule has 0 atom stereocenters. The highest BCUT2D eigenvalue weighted by Gasteiger charge is 2.31. The Labute approximate surface area is 165 Å². The number of amides is 2. The summed E-state index contributed by atoms with van der Waals surface area (Å²) >= 11 is 1.18. The lowest BCUT2D eigenvalue weighted by Gasteiger charge is -2.25. The summed E-state index contributed by atoms with van der Waals surface area (Å²) < 4.78 is 36.9. The Morgan fingerprint density at radius 3 is 2.71 bits per heavy atom. The molecule has 1 aliphatic heterocycles. The molecule has 1 aromatic heterocycles. The van der Waals surface area contributed by atoms with E-state index in [1.54, 1.807) is 0 Å². The van der Waals surface area contributed by atoms with E-state index in [9.17, 15) is 18.0 Å². The number of hydrogen-bond donors (Lipinski definition) is 2. The number of benzene rings is 1. The molecular weight excluding hydrogens is 408 g/mol. The number of fused-ring (bicyclic) bond motifs is 1. The second kappa shape index (κ2) is 7.73. The summed E-state index contributed by atoms with van der Waals surface area (Å²) in [6, 6.07) is 3.98. The summed E-state index contributed by atoms with van der Waals surface area (Å²) in [6.07, 6.45) is -0.250. The average molecular weight is 426 g/mol. The van der Waals surface area contributed by atoms with Crippen molar-refractivity contribution in [3.8, 4) is 5.75 Å². The Morgan fingerprint density at radius 1 is 1.32 bits per heavy atom. The van der Waals surface area contributed by atoms with E-state index in [0.717, 1.165) is 10.6 Å². The van der Waals surface area contributed by atoms with Gasteiger partial charge >= 0.3 is 6.09 Å². The number of aromatic nitrogens is 1. The van der Waals surface area contributed by atoms with Gasteiger partial charge in [0.15, 0.2) is 5.13 Å². The third-order valence-corrected chi connectivity index (χ3v) is 7.00. The number of anilines is 1. The van der Waals surface area contributed by atoms with Crippen LogP contribution in [0.25, 0.3) is 0 Å². The van der Waals surface area contributed by atoms with Crippen LogP contribution in [-0.2, 0) is 27.7 Å². The Bertz CT molecular complexity index is 1030. The van der Waals surface area contributed by atoms with E-state index < -0.39 is 22.0 Å². The third kappa shape index (κ3) is 3.79. The van der Waals surface area contributed by atoms with Gasteiger partial charge in [0.1, 0.15) is 5.75 Å². The van der Waals surface area contributed by atoms with Crippen molar-refractivity contribution in [2.75, 3.05) is 26.1 Å². The largest absolute Gasteiger partial charge is 0.496 e. The molecule has 1 aliphatic rings. The minimum absolute atomic E-state index is 0.0105. The third-order valence-electron chi connectivity index (χ3n) is 4.16. The van der Waals surface area contributed by atoms with E-state index in [0.29, 0.717) is 11.6 Å². The molecule has 2 aromatic rings. The van der Waals surface area contributed by atoms with Crippen molar-refractivity contribution >= 4 is 38.5 Å². The van der Waals surface area contributed by atoms with Crippen LogP contribution in [0.1, 0.15) is 20.9 Å². The fourth-order valence-electron chi connectivity index (χ4n) is 2.76. The number of rotatable bonds is 5. The molecule has 3 rings (SSSR count). The number of ether oxygens (including phenoxy) is 2. The minimum Gasteiger partial charge on any atom is -0.496 e. The molecular formula is C16H18N4O6S2. The molecule has 12 heteroatoms. The number of carbonyl (C=O) groups is 2. The Morgan fingerprint density at radius 2 is 2.07 bits per heavy atom. The first-order chi connectivity index (χ1) is 13.3. The highest BCUT2D eigenvalue weighted by molar-refractivity contribution is 7.89. The molecule has 2 amide bonds. The summed E-state index contributed by atoms with van der Waals surface area (Å²) in [6.45, 7) is 0.324. The van der Waals surface area contributed by atoms with Gasteiger partial charge in [0, 0.05) is 17.8 Å². The van der Waals surface area contributed by atoms with E-state index in [4.69, 9.17) is 10.5 Å². The number of thiazole rings is 1. The molecule has 2 heterocycles. The number of methoxy groups -OCH3 is 2. The van der Waals surface area contributed by atoms with E-state index in [-0.39, 0.29) is 29.3 Å². The topological polar surface area (TPSA) is 141 Å². The number of hydrogen-bond acceptors (Lipinski definition) is 8. The van der Waals surface area contributed by atoms with Crippen LogP contribution in [0.4, 0.5) is 9.93 Å². The molecule has 3 N–H and O–H groups in total. The molecule has 0 spiro atoms. The molecule has 0 unspecified atom stereocenters. The van der Waals surface area contributed by atoms with Crippen molar-refractivity contribution in [3.05, 3.63) is 34.3 Å². The molecule has 150 valence electrons. The van der Waals surface area contributed by atoms with Crippen LogP contribution in [0.15, 0.2) is 23.1 Å². The fourth-order valence-corrected chi connectivity index (χ4v) is 5.29. The molecule has 10 nitrogen and oxygen atoms in total. The number of sulfonamides is 1. The van der Waals surface area contributed by atoms with Gasteiger partial charge in [0.2, 0.25) is 10.0 Å². The van der Waals surface area contributed by atoms with Crippen molar-refractivity contribution in [3.63, 3.8) is 0 Å².